The second-order valence-corrected chi connectivity index (χ2v) is 7.80. The van der Waals surface area contributed by atoms with E-state index in [2.05, 4.69) is 47.6 Å². The van der Waals surface area contributed by atoms with Crippen LogP contribution in [-0.4, -0.2) is 25.5 Å². The summed E-state index contributed by atoms with van der Waals surface area (Å²) >= 11 is 3.45. The van der Waals surface area contributed by atoms with Crippen molar-refractivity contribution >= 4 is 27.7 Å². The lowest BCUT2D eigenvalue weighted by molar-refractivity contribution is -0.123. The molecule has 0 saturated carbocycles. The van der Waals surface area contributed by atoms with E-state index in [-0.39, 0.29) is 12.0 Å². The number of nitrogens with one attached hydrogen (secondary N) is 2. The summed E-state index contributed by atoms with van der Waals surface area (Å²) in [6.07, 6.45) is 0. The van der Waals surface area contributed by atoms with Crippen LogP contribution >= 0.6 is 15.9 Å². The molecular weight excluding hydrogens is 412 g/mol. The molecule has 0 aromatic heterocycles. The number of carbonyl (C=O) groups is 2. The first kappa shape index (κ1) is 20.8. The third-order valence-corrected chi connectivity index (χ3v) is 4.27. The molecule has 0 heterocycles. The zero-order chi connectivity index (χ0) is 20.0. The van der Waals surface area contributed by atoms with Gasteiger partial charge in [0.15, 0.2) is 6.61 Å². The van der Waals surface area contributed by atoms with Gasteiger partial charge in [0, 0.05) is 10.0 Å². The topological polar surface area (TPSA) is 76.7 Å². The van der Waals surface area contributed by atoms with Crippen molar-refractivity contribution in [3.8, 4) is 11.5 Å². The van der Waals surface area contributed by atoms with E-state index in [0.717, 1.165) is 10.0 Å². The van der Waals surface area contributed by atoms with E-state index in [1.54, 1.807) is 24.3 Å². The number of rotatable bonds is 5. The zero-order valence-electron chi connectivity index (χ0n) is 15.8. The number of carbonyl (C=O) groups excluding carboxylic acids is 2. The SMILES string of the molecule is COc1ccccc1C(=O)NNC(=O)COc1ccc(Br)cc1C(C)(C)C. The van der Waals surface area contributed by atoms with Gasteiger partial charge in [-0.1, -0.05) is 48.8 Å². The van der Waals surface area contributed by atoms with Crippen molar-refractivity contribution in [2.45, 2.75) is 26.2 Å². The molecule has 2 amide bonds. The van der Waals surface area contributed by atoms with Gasteiger partial charge in [0.25, 0.3) is 11.8 Å². The highest BCUT2D eigenvalue weighted by Gasteiger charge is 2.20. The van der Waals surface area contributed by atoms with Gasteiger partial charge in [-0.25, -0.2) is 0 Å². The Balaban J connectivity index is 1.95. The van der Waals surface area contributed by atoms with Crippen molar-refractivity contribution in [1.29, 1.82) is 0 Å². The molecule has 2 aromatic rings. The smallest absolute Gasteiger partial charge is 0.276 e. The summed E-state index contributed by atoms with van der Waals surface area (Å²) in [5, 5.41) is 0. The molecule has 0 aliphatic rings. The highest BCUT2D eigenvalue weighted by molar-refractivity contribution is 9.10. The van der Waals surface area contributed by atoms with Gasteiger partial charge in [0.05, 0.1) is 12.7 Å². The molecule has 0 atom stereocenters. The van der Waals surface area contributed by atoms with Gasteiger partial charge < -0.3 is 9.47 Å². The van der Waals surface area contributed by atoms with E-state index in [1.165, 1.54) is 7.11 Å². The summed E-state index contributed by atoms with van der Waals surface area (Å²) in [4.78, 5) is 24.2. The van der Waals surface area contributed by atoms with Crippen molar-refractivity contribution in [3.63, 3.8) is 0 Å². The second-order valence-electron chi connectivity index (χ2n) is 6.88. The van der Waals surface area contributed by atoms with Crippen LogP contribution in [0.25, 0.3) is 0 Å². The van der Waals surface area contributed by atoms with Crippen molar-refractivity contribution in [2.75, 3.05) is 13.7 Å². The average molecular weight is 435 g/mol. The predicted molar refractivity (Wildman–Crippen MR) is 107 cm³/mol. The van der Waals surface area contributed by atoms with Crippen LogP contribution < -0.4 is 20.3 Å². The molecule has 27 heavy (non-hydrogen) atoms. The Hall–Kier alpha value is -2.54. The van der Waals surface area contributed by atoms with Crippen LogP contribution in [0.1, 0.15) is 36.7 Å². The lowest BCUT2D eigenvalue weighted by atomic mass is 9.86. The first-order chi connectivity index (χ1) is 12.7. The average Bonchev–Trinajstić information content (AvgIpc) is 2.64. The highest BCUT2D eigenvalue weighted by Crippen LogP contribution is 2.33. The number of amides is 2. The van der Waals surface area contributed by atoms with Gasteiger partial charge in [-0.2, -0.15) is 0 Å². The van der Waals surface area contributed by atoms with E-state index in [0.29, 0.717) is 17.1 Å². The highest BCUT2D eigenvalue weighted by atomic mass is 79.9. The quantitative estimate of drug-likeness (QED) is 0.704. The Morgan fingerprint density at radius 1 is 1.04 bits per heavy atom. The molecule has 0 spiro atoms. The summed E-state index contributed by atoms with van der Waals surface area (Å²) in [5.41, 5.74) is 5.85. The van der Waals surface area contributed by atoms with Gasteiger partial charge in [-0.05, 0) is 35.7 Å². The maximum atomic E-state index is 12.2. The number of methoxy groups -OCH3 is 1. The van der Waals surface area contributed by atoms with Crippen LogP contribution in [0.2, 0.25) is 0 Å². The normalized spacial score (nSPS) is 10.9. The fraction of sp³-hybridized carbons (Fsp3) is 0.300. The molecule has 2 rings (SSSR count). The zero-order valence-corrected chi connectivity index (χ0v) is 17.3. The van der Waals surface area contributed by atoms with Crippen molar-refractivity contribution in [2.24, 2.45) is 0 Å². The van der Waals surface area contributed by atoms with E-state index < -0.39 is 11.8 Å². The second kappa shape index (κ2) is 8.90. The molecule has 7 heteroatoms. The van der Waals surface area contributed by atoms with E-state index in [1.807, 2.05) is 18.2 Å². The number of benzene rings is 2. The van der Waals surface area contributed by atoms with Gasteiger partial charge in [-0.15, -0.1) is 0 Å². The van der Waals surface area contributed by atoms with Crippen LogP contribution in [0.15, 0.2) is 46.9 Å². The minimum absolute atomic E-state index is 0.145. The monoisotopic (exact) mass is 434 g/mol. The summed E-state index contributed by atoms with van der Waals surface area (Å²) in [6.45, 7) is 5.97. The minimum Gasteiger partial charge on any atom is -0.496 e. The first-order valence-electron chi connectivity index (χ1n) is 8.37. The molecular formula is C20H23BrN2O4. The molecule has 2 aromatic carbocycles. The number of ether oxygens (including phenoxy) is 2. The Kier molecular flexibility index (Phi) is 6.85. The lowest BCUT2D eigenvalue weighted by Gasteiger charge is -2.23. The van der Waals surface area contributed by atoms with E-state index in [4.69, 9.17) is 9.47 Å². The van der Waals surface area contributed by atoms with E-state index >= 15 is 0 Å². The third kappa shape index (κ3) is 5.72. The number of hydrogen-bond donors (Lipinski definition) is 2. The third-order valence-electron chi connectivity index (χ3n) is 3.78. The molecule has 0 unspecified atom stereocenters. The maximum Gasteiger partial charge on any atom is 0.276 e. The number of para-hydroxylation sites is 1. The molecule has 0 aliphatic carbocycles. The Morgan fingerprint density at radius 3 is 2.41 bits per heavy atom. The van der Waals surface area contributed by atoms with Crippen molar-refractivity contribution in [3.05, 3.63) is 58.1 Å². The number of hydrogen-bond acceptors (Lipinski definition) is 4. The van der Waals surface area contributed by atoms with Gasteiger partial charge in [0.1, 0.15) is 11.5 Å². The van der Waals surface area contributed by atoms with E-state index in [9.17, 15) is 9.59 Å². The first-order valence-corrected chi connectivity index (χ1v) is 9.16. The Morgan fingerprint density at radius 2 is 1.74 bits per heavy atom. The summed E-state index contributed by atoms with van der Waals surface area (Å²) in [7, 11) is 1.48. The molecule has 2 N–H and O–H groups in total. The molecule has 6 nitrogen and oxygen atoms in total. The molecule has 0 bridgehead atoms. The van der Waals surface area contributed by atoms with Crippen LogP contribution in [0.5, 0.6) is 11.5 Å². The van der Waals surface area contributed by atoms with Crippen molar-refractivity contribution in [1.82, 2.24) is 10.9 Å². The Bertz CT molecular complexity index is 831. The summed E-state index contributed by atoms with van der Waals surface area (Å²) in [5.74, 6) is 0.0999. The summed E-state index contributed by atoms with van der Waals surface area (Å²) < 4.78 is 11.7. The van der Waals surface area contributed by atoms with Gasteiger partial charge in [0.2, 0.25) is 0 Å². The molecule has 0 fully saturated rings. The molecule has 0 aliphatic heterocycles. The fourth-order valence-electron chi connectivity index (χ4n) is 2.42. The largest absolute Gasteiger partial charge is 0.496 e. The van der Waals surface area contributed by atoms with Crippen molar-refractivity contribution < 1.29 is 19.1 Å². The van der Waals surface area contributed by atoms with Crippen LogP contribution in [0.3, 0.4) is 0 Å². The Labute approximate surface area is 167 Å². The van der Waals surface area contributed by atoms with Gasteiger partial charge in [-0.3, -0.25) is 20.4 Å². The standard InChI is InChI=1S/C20H23BrN2O4/c1-20(2,3)15-11-13(21)9-10-17(15)27-12-18(24)22-23-19(25)14-7-5-6-8-16(14)26-4/h5-11H,12H2,1-4H3,(H,22,24)(H,23,25). The molecule has 0 saturated heterocycles. The molecule has 144 valence electrons. The maximum absolute atomic E-state index is 12.2. The number of hydrazine groups is 1. The summed E-state index contributed by atoms with van der Waals surface area (Å²) in [6, 6.07) is 12.4. The van der Waals surface area contributed by atoms with Crippen LogP contribution in [-0.2, 0) is 10.2 Å². The number of halogens is 1. The lowest BCUT2D eigenvalue weighted by Crippen LogP contribution is -2.44. The van der Waals surface area contributed by atoms with Crippen LogP contribution in [0.4, 0.5) is 0 Å². The molecule has 0 radical (unpaired) electrons. The minimum atomic E-state index is -0.472. The fourth-order valence-corrected chi connectivity index (χ4v) is 2.78. The predicted octanol–water partition coefficient (Wildman–Crippen LogP) is 3.60. The van der Waals surface area contributed by atoms with Crippen LogP contribution in [0, 0.1) is 0 Å². The van der Waals surface area contributed by atoms with Gasteiger partial charge >= 0.3 is 0 Å².